The Balaban J connectivity index is 1.88. The second-order valence-corrected chi connectivity index (χ2v) is 6.93. The molecule has 0 saturated heterocycles. The molecule has 0 saturated carbocycles. The molecular formula is C21H21FN4O3. The van der Waals surface area contributed by atoms with Crippen LogP contribution in [0.5, 0.6) is 0 Å². The molecule has 150 valence electrons. The van der Waals surface area contributed by atoms with Crippen LogP contribution in [-0.4, -0.2) is 18.7 Å². The van der Waals surface area contributed by atoms with Crippen molar-refractivity contribution in [2.45, 2.75) is 39.4 Å². The van der Waals surface area contributed by atoms with E-state index in [-0.39, 0.29) is 12.4 Å². The Morgan fingerprint density at radius 2 is 1.86 bits per heavy atom. The second-order valence-electron chi connectivity index (χ2n) is 6.93. The molecule has 7 nitrogen and oxygen atoms in total. The van der Waals surface area contributed by atoms with Gasteiger partial charge in [0.05, 0.1) is 25.7 Å². The quantitative estimate of drug-likeness (QED) is 0.481. The lowest BCUT2D eigenvalue weighted by Gasteiger charge is -2.12. The van der Waals surface area contributed by atoms with Gasteiger partial charge in [-0.05, 0) is 36.2 Å². The second kappa shape index (κ2) is 7.90. The van der Waals surface area contributed by atoms with E-state index in [9.17, 15) is 14.0 Å². The molecule has 29 heavy (non-hydrogen) atoms. The van der Waals surface area contributed by atoms with Crippen molar-refractivity contribution in [2.75, 3.05) is 0 Å². The summed E-state index contributed by atoms with van der Waals surface area (Å²) in [6.45, 7) is 2.90. The highest BCUT2D eigenvalue weighted by Crippen LogP contribution is 2.12. The van der Waals surface area contributed by atoms with Gasteiger partial charge >= 0.3 is 5.69 Å². The fraction of sp³-hybridized carbons (Fsp3) is 0.286. The summed E-state index contributed by atoms with van der Waals surface area (Å²) in [7, 11) is 0. The number of imidazole rings is 1. The van der Waals surface area contributed by atoms with E-state index in [1.807, 2.05) is 13.0 Å². The molecule has 0 bridgehead atoms. The maximum absolute atomic E-state index is 13.2. The van der Waals surface area contributed by atoms with Crippen LogP contribution < -0.4 is 11.2 Å². The Kier molecular flexibility index (Phi) is 5.16. The van der Waals surface area contributed by atoms with Crippen LogP contribution in [0.4, 0.5) is 4.39 Å². The fourth-order valence-corrected chi connectivity index (χ4v) is 3.36. The van der Waals surface area contributed by atoms with E-state index in [4.69, 9.17) is 4.42 Å². The minimum atomic E-state index is -0.425. The number of aryl methyl sites for hydroxylation is 1. The van der Waals surface area contributed by atoms with Gasteiger partial charge in [-0.1, -0.05) is 25.5 Å². The van der Waals surface area contributed by atoms with Crippen molar-refractivity contribution in [2.24, 2.45) is 0 Å². The Hall–Kier alpha value is -3.42. The molecule has 8 heteroatoms. The third-order valence-corrected chi connectivity index (χ3v) is 4.88. The van der Waals surface area contributed by atoms with Crippen molar-refractivity contribution < 1.29 is 8.81 Å². The van der Waals surface area contributed by atoms with Crippen LogP contribution in [0.15, 0.2) is 63.0 Å². The van der Waals surface area contributed by atoms with Gasteiger partial charge in [0.15, 0.2) is 11.2 Å². The third-order valence-electron chi connectivity index (χ3n) is 4.88. The average Bonchev–Trinajstić information content (AvgIpc) is 3.37. The number of hydrogen-bond donors (Lipinski definition) is 0. The topological polar surface area (TPSA) is 75.0 Å². The zero-order chi connectivity index (χ0) is 20.4. The van der Waals surface area contributed by atoms with Crippen molar-refractivity contribution in [1.29, 1.82) is 0 Å². The number of hydrogen-bond acceptors (Lipinski definition) is 4. The van der Waals surface area contributed by atoms with Gasteiger partial charge in [0.25, 0.3) is 5.56 Å². The lowest BCUT2D eigenvalue weighted by molar-refractivity contribution is 0.495. The molecule has 0 radical (unpaired) electrons. The van der Waals surface area contributed by atoms with Gasteiger partial charge in [0, 0.05) is 6.54 Å². The minimum absolute atomic E-state index is 0.0615. The van der Waals surface area contributed by atoms with Crippen molar-refractivity contribution in [3.05, 3.63) is 87.0 Å². The van der Waals surface area contributed by atoms with E-state index in [2.05, 4.69) is 4.98 Å². The molecule has 4 rings (SSSR count). The van der Waals surface area contributed by atoms with Crippen molar-refractivity contribution >= 4 is 11.2 Å². The summed E-state index contributed by atoms with van der Waals surface area (Å²) in [6.07, 6.45) is 4.81. The molecule has 1 aromatic carbocycles. The van der Waals surface area contributed by atoms with E-state index in [0.29, 0.717) is 35.6 Å². The first kappa shape index (κ1) is 18.9. The highest BCUT2D eigenvalue weighted by atomic mass is 19.1. The van der Waals surface area contributed by atoms with Gasteiger partial charge in [-0.25, -0.2) is 14.2 Å². The summed E-state index contributed by atoms with van der Waals surface area (Å²) in [6, 6.07) is 9.36. The summed E-state index contributed by atoms with van der Waals surface area (Å²) in [5.41, 5.74) is 0.549. The Bertz CT molecular complexity index is 1230. The first-order valence-electron chi connectivity index (χ1n) is 9.53. The molecule has 0 aliphatic rings. The molecule has 0 aliphatic carbocycles. The molecule has 3 heterocycles. The lowest BCUT2D eigenvalue weighted by Crippen LogP contribution is -2.41. The Morgan fingerprint density at radius 3 is 2.55 bits per heavy atom. The molecule has 0 fully saturated rings. The SMILES string of the molecule is CCCCn1c(=O)n(Cc2ccc(F)cc2)c(=O)c2c1ncn2Cc1ccco1. The van der Waals surface area contributed by atoms with Crippen molar-refractivity contribution in [1.82, 2.24) is 18.7 Å². The van der Waals surface area contributed by atoms with E-state index >= 15 is 0 Å². The number of aromatic nitrogens is 4. The summed E-state index contributed by atoms with van der Waals surface area (Å²) in [5, 5.41) is 0. The fourth-order valence-electron chi connectivity index (χ4n) is 3.36. The van der Waals surface area contributed by atoms with Gasteiger partial charge in [-0.2, -0.15) is 0 Å². The average molecular weight is 396 g/mol. The minimum Gasteiger partial charge on any atom is -0.467 e. The predicted molar refractivity (Wildman–Crippen MR) is 106 cm³/mol. The first-order valence-corrected chi connectivity index (χ1v) is 9.53. The monoisotopic (exact) mass is 396 g/mol. The number of unbranched alkanes of at least 4 members (excludes halogenated alkanes) is 1. The number of nitrogens with zero attached hydrogens (tertiary/aromatic N) is 4. The van der Waals surface area contributed by atoms with Gasteiger partial charge in [-0.15, -0.1) is 0 Å². The Labute approximate surface area is 165 Å². The van der Waals surface area contributed by atoms with E-state index < -0.39 is 11.2 Å². The summed E-state index contributed by atoms with van der Waals surface area (Å²) >= 11 is 0. The maximum atomic E-state index is 13.2. The van der Waals surface area contributed by atoms with Crippen molar-refractivity contribution in [3.8, 4) is 0 Å². The highest BCUT2D eigenvalue weighted by Gasteiger charge is 2.18. The molecular weight excluding hydrogens is 375 g/mol. The van der Waals surface area contributed by atoms with Crippen LogP contribution in [0, 0.1) is 5.82 Å². The molecule has 0 amide bonds. The van der Waals surface area contributed by atoms with Crippen LogP contribution in [0.3, 0.4) is 0 Å². The third kappa shape index (κ3) is 3.65. The van der Waals surface area contributed by atoms with Crippen LogP contribution in [0.2, 0.25) is 0 Å². The molecule has 0 aliphatic heterocycles. The zero-order valence-corrected chi connectivity index (χ0v) is 16.0. The first-order chi connectivity index (χ1) is 14.1. The van der Waals surface area contributed by atoms with Crippen LogP contribution >= 0.6 is 0 Å². The van der Waals surface area contributed by atoms with E-state index in [1.54, 1.807) is 39.9 Å². The van der Waals surface area contributed by atoms with Crippen LogP contribution in [0.1, 0.15) is 31.1 Å². The lowest BCUT2D eigenvalue weighted by atomic mass is 10.2. The number of fused-ring (bicyclic) bond motifs is 1. The van der Waals surface area contributed by atoms with E-state index in [0.717, 1.165) is 12.8 Å². The van der Waals surface area contributed by atoms with Gasteiger partial charge in [0.1, 0.15) is 11.6 Å². The summed E-state index contributed by atoms with van der Waals surface area (Å²) in [5.74, 6) is 0.313. The number of rotatable bonds is 7. The molecule has 3 aromatic heterocycles. The van der Waals surface area contributed by atoms with E-state index in [1.165, 1.54) is 16.7 Å². The largest absolute Gasteiger partial charge is 0.467 e. The number of furan rings is 1. The zero-order valence-electron chi connectivity index (χ0n) is 16.0. The molecule has 0 unspecified atom stereocenters. The molecule has 0 spiro atoms. The van der Waals surface area contributed by atoms with Crippen LogP contribution in [-0.2, 0) is 19.6 Å². The Morgan fingerprint density at radius 1 is 1.07 bits per heavy atom. The number of benzene rings is 1. The normalized spacial score (nSPS) is 11.4. The number of halogens is 1. The van der Waals surface area contributed by atoms with Crippen molar-refractivity contribution in [3.63, 3.8) is 0 Å². The van der Waals surface area contributed by atoms with Gasteiger partial charge in [0.2, 0.25) is 0 Å². The van der Waals surface area contributed by atoms with Gasteiger partial charge in [-0.3, -0.25) is 13.9 Å². The smallest absolute Gasteiger partial charge is 0.333 e. The van der Waals surface area contributed by atoms with Gasteiger partial charge < -0.3 is 8.98 Å². The maximum Gasteiger partial charge on any atom is 0.333 e. The standard InChI is InChI=1S/C21H21FN4O3/c1-2-3-10-25-19-18(24(14-23-19)13-17-5-4-11-29-17)20(27)26(21(25)28)12-15-6-8-16(22)9-7-15/h4-9,11,14H,2-3,10,12-13H2,1H3. The molecule has 4 aromatic rings. The molecule has 0 atom stereocenters. The van der Waals surface area contributed by atoms with Crippen LogP contribution in [0.25, 0.3) is 11.2 Å². The highest BCUT2D eigenvalue weighted by molar-refractivity contribution is 5.70. The molecule has 0 N–H and O–H groups in total. The summed E-state index contributed by atoms with van der Waals surface area (Å²) < 4.78 is 23.0. The summed E-state index contributed by atoms with van der Waals surface area (Å²) in [4.78, 5) is 30.7. The predicted octanol–water partition coefficient (Wildman–Crippen LogP) is 2.99.